The lowest BCUT2D eigenvalue weighted by atomic mass is 10.1. The topological polar surface area (TPSA) is 65.1 Å². The maximum atomic E-state index is 12.0. The fraction of sp³-hybridized carbons (Fsp3) is 0.471. The molecule has 3 N–H and O–H groups in total. The average molecular weight is 320 g/mol. The van der Waals surface area contributed by atoms with Crippen molar-refractivity contribution in [2.24, 2.45) is 0 Å². The van der Waals surface area contributed by atoms with Gasteiger partial charge in [0.25, 0.3) is 0 Å². The fourth-order valence-corrected chi connectivity index (χ4v) is 3.26. The van der Waals surface area contributed by atoms with Crippen molar-refractivity contribution in [3.63, 3.8) is 0 Å². The first-order chi connectivity index (χ1) is 10.7. The smallest absolute Gasteiger partial charge is 0.220 e. The lowest BCUT2D eigenvalue weighted by Gasteiger charge is -2.21. The highest BCUT2D eigenvalue weighted by Crippen LogP contribution is 2.19. The predicted molar refractivity (Wildman–Crippen MR) is 93.2 cm³/mol. The molecule has 2 aromatic rings. The number of nitrogens with one attached hydrogen (secondary N) is 2. The third-order valence-electron chi connectivity index (χ3n) is 3.95. The van der Waals surface area contributed by atoms with E-state index in [1.807, 2.05) is 31.5 Å². The van der Waals surface area contributed by atoms with Gasteiger partial charge in [0.15, 0.2) is 0 Å². The fourth-order valence-electron chi connectivity index (χ4n) is 2.63. The van der Waals surface area contributed by atoms with Gasteiger partial charge >= 0.3 is 0 Å². The first kappa shape index (κ1) is 16.9. The van der Waals surface area contributed by atoms with Crippen molar-refractivity contribution < 1.29 is 9.90 Å². The molecule has 2 rings (SSSR count). The number of H-pyrrole nitrogens is 1. The number of hydrogen-bond donors (Lipinski definition) is 3. The second-order valence-corrected chi connectivity index (χ2v) is 6.60. The number of aliphatic hydroxyl groups excluding tert-OH is 1. The minimum absolute atomic E-state index is 0.0133. The second-order valence-electron chi connectivity index (χ2n) is 5.53. The zero-order chi connectivity index (χ0) is 15.9. The molecule has 1 aromatic carbocycles. The Labute approximate surface area is 135 Å². The van der Waals surface area contributed by atoms with E-state index < -0.39 is 0 Å². The molecule has 1 aromatic heterocycles. The van der Waals surface area contributed by atoms with Gasteiger partial charge in [-0.2, -0.15) is 11.8 Å². The molecular formula is C17H24N2O2S. The van der Waals surface area contributed by atoms with E-state index >= 15 is 0 Å². The highest BCUT2D eigenvalue weighted by Gasteiger charge is 2.17. The molecular weight excluding hydrogens is 296 g/mol. The molecule has 2 unspecified atom stereocenters. The third kappa shape index (κ3) is 4.27. The summed E-state index contributed by atoms with van der Waals surface area (Å²) in [4.78, 5) is 15.2. The maximum Gasteiger partial charge on any atom is 0.220 e. The zero-order valence-electron chi connectivity index (χ0n) is 13.1. The van der Waals surface area contributed by atoms with E-state index in [0.717, 1.165) is 18.4 Å². The third-order valence-corrected chi connectivity index (χ3v) is 5.12. The average Bonchev–Trinajstić information content (AvgIpc) is 2.92. The van der Waals surface area contributed by atoms with Crippen molar-refractivity contribution in [3.05, 3.63) is 36.0 Å². The number of hydrogen-bond acceptors (Lipinski definition) is 3. The number of amides is 1. The summed E-state index contributed by atoms with van der Waals surface area (Å²) in [5.41, 5.74) is 2.40. The number of para-hydroxylation sites is 1. The van der Waals surface area contributed by atoms with Crippen LogP contribution in [0.2, 0.25) is 0 Å². The van der Waals surface area contributed by atoms with Crippen LogP contribution < -0.4 is 5.32 Å². The normalized spacial score (nSPS) is 14.0. The van der Waals surface area contributed by atoms with Gasteiger partial charge in [-0.05, 0) is 37.7 Å². The van der Waals surface area contributed by atoms with Crippen LogP contribution in [-0.2, 0) is 11.2 Å². The van der Waals surface area contributed by atoms with Crippen LogP contribution in [0.3, 0.4) is 0 Å². The molecule has 0 spiro atoms. The zero-order valence-corrected chi connectivity index (χ0v) is 14.0. The number of fused-ring (bicyclic) bond motifs is 1. The lowest BCUT2D eigenvalue weighted by Crippen LogP contribution is -2.41. The molecule has 1 amide bonds. The number of carbonyl (C=O) groups is 1. The van der Waals surface area contributed by atoms with Gasteiger partial charge < -0.3 is 15.4 Å². The van der Waals surface area contributed by atoms with E-state index in [2.05, 4.69) is 22.4 Å². The standard InChI is InChI=1S/C17H24N2O2S/c1-12(16(11-20)22-2)19-17(21)9-5-6-13-10-18-15-8-4-3-7-14(13)15/h3-4,7-8,10,12,16,18,20H,5-6,9,11H2,1-2H3,(H,19,21). The van der Waals surface area contributed by atoms with Crippen LogP contribution in [0.1, 0.15) is 25.3 Å². The number of aromatic amines is 1. The molecule has 2 atom stereocenters. The van der Waals surface area contributed by atoms with Crippen LogP contribution in [-0.4, -0.2) is 40.2 Å². The molecule has 0 aliphatic carbocycles. The molecule has 0 fully saturated rings. The van der Waals surface area contributed by atoms with Crippen LogP contribution in [0.4, 0.5) is 0 Å². The number of thioether (sulfide) groups is 1. The Kier molecular flexibility index (Phi) is 6.34. The molecule has 0 aliphatic heterocycles. The van der Waals surface area contributed by atoms with E-state index in [1.165, 1.54) is 10.9 Å². The van der Waals surface area contributed by atoms with Crippen LogP contribution >= 0.6 is 11.8 Å². The number of aromatic nitrogens is 1. The molecule has 120 valence electrons. The van der Waals surface area contributed by atoms with E-state index in [0.29, 0.717) is 6.42 Å². The summed E-state index contributed by atoms with van der Waals surface area (Å²) < 4.78 is 0. The molecule has 4 nitrogen and oxygen atoms in total. The Hall–Kier alpha value is -1.46. The summed E-state index contributed by atoms with van der Waals surface area (Å²) in [6.07, 6.45) is 6.19. The Morgan fingerprint density at radius 2 is 2.18 bits per heavy atom. The van der Waals surface area contributed by atoms with Gasteiger partial charge in [0.1, 0.15) is 0 Å². The maximum absolute atomic E-state index is 12.0. The van der Waals surface area contributed by atoms with Gasteiger partial charge in [-0.15, -0.1) is 0 Å². The van der Waals surface area contributed by atoms with Crippen molar-refractivity contribution in [2.75, 3.05) is 12.9 Å². The molecule has 5 heteroatoms. The van der Waals surface area contributed by atoms with Gasteiger partial charge in [0.05, 0.1) is 6.61 Å². The molecule has 0 saturated heterocycles. The van der Waals surface area contributed by atoms with Crippen molar-refractivity contribution in [3.8, 4) is 0 Å². The van der Waals surface area contributed by atoms with E-state index in [4.69, 9.17) is 0 Å². The van der Waals surface area contributed by atoms with E-state index in [1.54, 1.807) is 11.8 Å². The minimum Gasteiger partial charge on any atom is -0.395 e. The Bertz CT molecular complexity index is 607. The summed E-state index contributed by atoms with van der Waals surface area (Å²) in [6, 6.07) is 8.20. The van der Waals surface area contributed by atoms with Crippen molar-refractivity contribution >= 4 is 28.6 Å². The Balaban J connectivity index is 1.80. The van der Waals surface area contributed by atoms with Crippen LogP contribution in [0, 0.1) is 0 Å². The first-order valence-electron chi connectivity index (χ1n) is 7.63. The van der Waals surface area contributed by atoms with Gasteiger partial charge in [-0.25, -0.2) is 0 Å². The number of benzene rings is 1. The first-order valence-corrected chi connectivity index (χ1v) is 8.92. The predicted octanol–water partition coefficient (Wildman–Crippen LogP) is 2.72. The van der Waals surface area contributed by atoms with Crippen LogP contribution in [0.25, 0.3) is 10.9 Å². The van der Waals surface area contributed by atoms with E-state index in [-0.39, 0.29) is 23.8 Å². The second kappa shape index (κ2) is 8.25. The number of aliphatic hydroxyl groups is 1. The van der Waals surface area contributed by atoms with Gasteiger partial charge in [0.2, 0.25) is 5.91 Å². The van der Waals surface area contributed by atoms with Gasteiger partial charge in [-0.1, -0.05) is 18.2 Å². The summed E-state index contributed by atoms with van der Waals surface area (Å²) in [6.45, 7) is 2.02. The highest BCUT2D eigenvalue weighted by atomic mass is 32.2. The summed E-state index contributed by atoms with van der Waals surface area (Å²) in [7, 11) is 0. The van der Waals surface area contributed by atoms with Gasteiger partial charge in [-0.3, -0.25) is 4.79 Å². The van der Waals surface area contributed by atoms with Crippen molar-refractivity contribution in [1.29, 1.82) is 0 Å². The number of carbonyl (C=O) groups excluding carboxylic acids is 1. The Morgan fingerprint density at radius 1 is 1.41 bits per heavy atom. The monoisotopic (exact) mass is 320 g/mol. The SMILES string of the molecule is CSC(CO)C(C)NC(=O)CCCc1c[nH]c2ccccc12. The lowest BCUT2D eigenvalue weighted by molar-refractivity contribution is -0.121. The Morgan fingerprint density at radius 3 is 2.91 bits per heavy atom. The van der Waals surface area contributed by atoms with Crippen LogP contribution in [0.15, 0.2) is 30.5 Å². The quantitative estimate of drug-likeness (QED) is 0.701. The molecule has 0 bridgehead atoms. The molecule has 0 radical (unpaired) electrons. The van der Waals surface area contributed by atoms with Crippen molar-refractivity contribution in [1.82, 2.24) is 10.3 Å². The minimum atomic E-state index is -0.0133. The van der Waals surface area contributed by atoms with Crippen LogP contribution in [0.5, 0.6) is 0 Å². The highest BCUT2D eigenvalue weighted by molar-refractivity contribution is 7.99. The number of rotatable bonds is 8. The summed E-state index contributed by atoms with van der Waals surface area (Å²) in [5, 5.41) is 13.5. The summed E-state index contributed by atoms with van der Waals surface area (Å²) in [5.74, 6) is 0.0554. The largest absolute Gasteiger partial charge is 0.395 e. The molecule has 22 heavy (non-hydrogen) atoms. The number of aryl methyl sites for hydroxylation is 1. The van der Waals surface area contributed by atoms with E-state index in [9.17, 15) is 9.90 Å². The van der Waals surface area contributed by atoms with Gasteiger partial charge in [0, 0.05) is 34.8 Å². The molecule has 1 heterocycles. The van der Waals surface area contributed by atoms with Crippen molar-refractivity contribution in [2.45, 2.75) is 37.5 Å². The molecule has 0 aliphatic rings. The molecule has 0 saturated carbocycles. The summed E-state index contributed by atoms with van der Waals surface area (Å²) >= 11 is 1.57.